The Balaban J connectivity index is 2.27. The van der Waals surface area contributed by atoms with E-state index in [-0.39, 0.29) is 17.7 Å². The summed E-state index contributed by atoms with van der Waals surface area (Å²) in [4.78, 5) is 12.8. The number of anilines is 1. The third-order valence-corrected chi connectivity index (χ3v) is 4.08. The molecular weight excluding hydrogens is 294 g/mol. The van der Waals surface area contributed by atoms with Gasteiger partial charge in [-0.25, -0.2) is 0 Å². The monoisotopic (exact) mass is 315 g/mol. The summed E-state index contributed by atoms with van der Waals surface area (Å²) in [7, 11) is 0. The van der Waals surface area contributed by atoms with Gasteiger partial charge in [0.2, 0.25) is 5.91 Å². The second-order valence-corrected chi connectivity index (χ2v) is 6.52. The molecule has 0 aromatic heterocycles. The van der Waals surface area contributed by atoms with Crippen molar-refractivity contribution in [1.82, 2.24) is 0 Å². The molecule has 2 nitrogen and oxygen atoms in total. The third-order valence-electron chi connectivity index (χ3n) is 3.83. The van der Waals surface area contributed by atoms with Crippen LogP contribution in [0.15, 0.2) is 42.5 Å². The summed E-state index contributed by atoms with van der Waals surface area (Å²) in [5.41, 5.74) is 4.07. The first kappa shape index (κ1) is 16.6. The Labute approximate surface area is 137 Å². The molecule has 1 N–H and O–H groups in total. The highest BCUT2D eigenvalue weighted by Crippen LogP contribution is 2.28. The Morgan fingerprint density at radius 2 is 1.68 bits per heavy atom. The van der Waals surface area contributed by atoms with Crippen LogP contribution < -0.4 is 5.32 Å². The molecule has 0 bridgehead atoms. The lowest BCUT2D eigenvalue weighted by Gasteiger charge is -2.21. The zero-order chi connectivity index (χ0) is 16.3. The highest BCUT2D eigenvalue weighted by molar-refractivity contribution is 6.30. The number of rotatable bonds is 4. The van der Waals surface area contributed by atoms with Gasteiger partial charge in [-0.05, 0) is 54.7 Å². The average Bonchev–Trinajstić information content (AvgIpc) is 2.45. The molecular formula is C19H22ClNO. The molecule has 0 radical (unpaired) electrons. The lowest BCUT2D eigenvalue weighted by molar-refractivity contribution is -0.118. The topological polar surface area (TPSA) is 29.1 Å². The van der Waals surface area contributed by atoms with Gasteiger partial charge >= 0.3 is 0 Å². The van der Waals surface area contributed by atoms with Crippen LogP contribution in [0.1, 0.15) is 36.5 Å². The van der Waals surface area contributed by atoms with Crippen LogP contribution in [-0.4, -0.2) is 5.91 Å². The van der Waals surface area contributed by atoms with E-state index in [9.17, 15) is 4.79 Å². The lowest BCUT2D eigenvalue weighted by Crippen LogP contribution is -2.25. The van der Waals surface area contributed by atoms with Crippen molar-refractivity contribution in [2.24, 2.45) is 5.92 Å². The molecule has 3 heteroatoms. The Morgan fingerprint density at radius 3 is 2.27 bits per heavy atom. The van der Waals surface area contributed by atoms with Gasteiger partial charge in [0.15, 0.2) is 0 Å². The van der Waals surface area contributed by atoms with Crippen LogP contribution in [0, 0.1) is 19.8 Å². The van der Waals surface area contributed by atoms with E-state index in [2.05, 4.69) is 19.2 Å². The zero-order valence-electron chi connectivity index (χ0n) is 13.5. The normalized spacial score (nSPS) is 12.3. The van der Waals surface area contributed by atoms with Gasteiger partial charge in [0.1, 0.15) is 0 Å². The molecule has 0 aliphatic rings. The van der Waals surface area contributed by atoms with Crippen molar-refractivity contribution in [3.8, 4) is 0 Å². The molecule has 22 heavy (non-hydrogen) atoms. The van der Waals surface area contributed by atoms with Crippen LogP contribution in [0.4, 0.5) is 5.69 Å². The van der Waals surface area contributed by atoms with E-state index in [1.54, 1.807) is 0 Å². The van der Waals surface area contributed by atoms with Gasteiger partial charge in [0.25, 0.3) is 0 Å². The smallest absolute Gasteiger partial charge is 0.232 e. The molecule has 2 rings (SSSR count). The molecule has 2 aromatic rings. The maximum absolute atomic E-state index is 12.8. The second-order valence-electron chi connectivity index (χ2n) is 6.08. The van der Waals surface area contributed by atoms with Gasteiger partial charge in [0.05, 0.1) is 5.92 Å². The molecule has 0 spiro atoms. The van der Waals surface area contributed by atoms with E-state index in [4.69, 9.17) is 11.6 Å². The van der Waals surface area contributed by atoms with Crippen LogP contribution in [-0.2, 0) is 4.79 Å². The summed E-state index contributed by atoms with van der Waals surface area (Å²) in [5.74, 6) is 0.0227. The number of aryl methyl sites for hydroxylation is 2. The van der Waals surface area contributed by atoms with Crippen molar-refractivity contribution in [1.29, 1.82) is 0 Å². The summed E-state index contributed by atoms with van der Waals surface area (Å²) in [6, 6.07) is 13.6. The minimum absolute atomic E-state index is 0.0195. The largest absolute Gasteiger partial charge is 0.325 e. The number of carbonyl (C=O) groups excluding carboxylic acids is 1. The average molecular weight is 316 g/mol. The molecule has 1 amide bonds. The van der Waals surface area contributed by atoms with Crippen molar-refractivity contribution >= 4 is 23.2 Å². The highest BCUT2D eigenvalue weighted by Gasteiger charge is 2.24. The molecule has 0 saturated carbocycles. The quantitative estimate of drug-likeness (QED) is 0.811. The van der Waals surface area contributed by atoms with Gasteiger partial charge in [-0.15, -0.1) is 0 Å². The van der Waals surface area contributed by atoms with Gasteiger partial charge in [-0.3, -0.25) is 4.79 Å². The fourth-order valence-electron chi connectivity index (χ4n) is 2.59. The number of benzene rings is 2. The standard InChI is InChI=1S/C19H22ClNO/c1-12(2)18(15-7-9-16(20)10-8-15)19(22)21-17-11-13(3)5-6-14(17)4/h5-12,18H,1-4H3,(H,21,22)/t18-/m0/s1. The minimum atomic E-state index is -0.197. The molecule has 1 atom stereocenters. The summed E-state index contributed by atoms with van der Waals surface area (Å²) in [6.07, 6.45) is 0. The van der Waals surface area contributed by atoms with Gasteiger partial charge < -0.3 is 5.32 Å². The van der Waals surface area contributed by atoms with Crippen molar-refractivity contribution in [2.45, 2.75) is 33.6 Å². The minimum Gasteiger partial charge on any atom is -0.325 e. The van der Waals surface area contributed by atoms with E-state index in [1.807, 2.05) is 56.3 Å². The van der Waals surface area contributed by atoms with Crippen LogP contribution in [0.25, 0.3) is 0 Å². The SMILES string of the molecule is Cc1ccc(C)c(NC(=O)[C@H](c2ccc(Cl)cc2)C(C)C)c1. The van der Waals surface area contributed by atoms with Crippen molar-refractivity contribution < 1.29 is 4.79 Å². The third kappa shape index (κ3) is 3.89. The lowest BCUT2D eigenvalue weighted by atomic mass is 9.87. The molecule has 0 unspecified atom stereocenters. The molecule has 0 saturated heterocycles. The Bertz CT molecular complexity index is 662. The van der Waals surface area contributed by atoms with Crippen LogP contribution >= 0.6 is 11.6 Å². The van der Waals surface area contributed by atoms with Crippen LogP contribution in [0.3, 0.4) is 0 Å². The fourth-order valence-corrected chi connectivity index (χ4v) is 2.72. The van der Waals surface area contributed by atoms with Gasteiger partial charge in [0, 0.05) is 10.7 Å². The first-order chi connectivity index (χ1) is 10.4. The summed E-state index contributed by atoms with van der Waals surface area (Å²) < 4.78 is 0. The van der Waals surface area contributed by atoms with Crippen molar-refractivity contribution in [2.75, 3.05) is 5.32 Å². The van der Waals surface area contributed by atoms with E-state index in [1.165, 1.54) is 0 Å². The Kier molecular flexibility index (Phi) is 5.25. The van der Waals surface area contributed by atoms with E-state index >= 15 is 0 Å². The predicted molar refractivity (Wildman–Crippen MR) is 93.6 cm³/mol. The fraction of sp³-hybridized carbons (Fsp3) is 0.316. The zero-order valence-corrected chi connectivity index (χ0v) is 14.2. The first-order valence-electron chi connectivity index (χ1n) is 7.52. The van der Waals surface area contributed by atoms with Crippen molar-refractivity contribution in [3.05, 3.63) is 64.2 Å². The molecule has 0 aliphatic carbocycles. The summed E-state index contributed by atoms with van der Waals surface area (Å²) >= 11 is 5.94. The summed E-state index contributed by atoms with van der Waals surface area (Å²) in [6.45, 7) is 8.14. The Hall–Kier alpha value is -1.80. The number of carbonyl (C=O) groups is 1. The number of halogens is 1. The van der Waals surface area contributed by atoms with Crippen LogP contribution in [0.5, 0.6) is 0 Å². The molecule has 2 aromatic carbocycles. The Morgan fingerprint density at radius 1 is 1.05 bits per heavy atom. The molecule has 0 fully saturated rings. The maximum Gasteiger partial charge on any atom is 0.232 e. The maximum atomic E-state index is 12.8. The molecule has 0 aliphatic heterocycles. The highest BCUT2D eigenvalue weighted by atomic mass is 35.5. The van der Waals surface area contributed by atoms with E-state index in [0.29, 0.717) is 5.02 Å². The van der Waals surface area contributed by atoms with E-state index < -0.39 is 0 Å². The number of amides is 1. The first-order valence-corrected chi connectivity index (χ1v) is 7.90. The predicted octanol–water partition coefficient (Wildman–Crippen LogP) is 5.34. The second kappa shape index (κ2) is 6.97. The molecule has 0 heterocycles. The van der Waals surface area contributed by atoms with Gasteiger partial charge in [-0.2, -0.15) is 0 Å². The van der Waals surface area contributed by atoms with Crippen molar-refractivity contribution in [3.63, 3.8) is 0 Å². The summed E-state index contributed by atoms with van der Waals surface area (Å²) in [5, 5.41) is 3.76. The molecule has 116 valence electrons. The number of nitrogens with one attached hydrogen (secondary N) is 1. The van der Waals surface area contributed by atoms with Gasteiger partial charge in [-0.1, -0.05) is 49.7 Å². The van der Waals surface area contributed by atoms with E-state index in [0.717, 1.165) is 22.4 Å². The van der Waals surface area contributed by atoms with Crippen LogP contribution in [0.2, 0.25) is 5.02 Å². The number of hydrogen-bond donors (Lipinski definition) is 1. The number of hydrogen-bond acceptors (Lipinski definition) is 1.